The Bertz CT molecular complexity index is 1200. The van der Waals surface area contributed by atoms with Crippen LogP contribution in [0, 0.1) is 6.92 Å². The number of aromatic nitrogens is 1. The number of hydrogen-bond donors (Lipinski definition) is 1. The van der Waals surface area contributed by atoms with E-state index in [1.165, 1.54) is 6.20 Å². The van der Waals surface area contributed by atoms with E-state index in [1.807, 2.05) is 32.0 Å². The van der Waals surface area contributed by atoms with Gasteiger partial charge in [-0.2, -0.15) is 0 Å². The summed E-state index contributed by atoms with van der Waals surface area (Å²) < 4.78 is 40.4. The zero-order chi connectivity index (χ0) is 24.0. The van der Waals surface area contributed by atoms with E-state index in [1.54, 1.807) is 42.5 Å². The van der Waals surface area contributed by atoms with Crippen LogP contribution in [-0.2, 0) is 16.6 Å². The van der Waals surface area contributed by atoms with Crippen LogP contribution in [0.4, 0.5) is 5.82 Å². The topological polar surface area (TPSA) is 80.8 Å². The van der Waals surface area contributed by atoms with Crippen LogP contribution < -0.4 is 14.2 Å². The van der Waals surface area contributed by atoms with Crippen molar-refractivity contribution in [3.8, 4) is 11.5 Å². The molecule has 0 atom stereocenters. The molecule has 0 aliphatic carbocycles. The summed E-state index contributed by atoms with van der Waals surface area (Å²) in [5, 5.41) is 0.508. The second-order valence-corrected chi connectivity index (χ2v) is 10.6. The van der Waals surface area contributed by atoms with Crippen LogP contribution in [0.15, 0.2) is 64.1 Å². The molecule has 1 heterocycles. The van der Waals surface area contributed by atoms with Crippen molar-refractivity contribution >= 4 is 43.4 Å². The first-order chi connectivity index (χ1) is 15.6. The predicted octanol–water partition coefficient (Wildman–Crippen LogP) is 5.13. The molecular weight excluding hydrogens is 530 g/mol. The van der Waals surface area contributed by atoms with E-state index in [0.29, 0.717) is 21.9 Å². The lowest BCUT2D eigenvalue weighted by Gasteiger charge is -2.15. The van der Waals surface area contributed by atoms with Gasteiger partial charge >= 0.3 is 0 Å². The number of nitrogens with one attached hydrogen (secondary N) is 1. The van der Waals surface area contributed by atoms with Crippen LogP contribution in [0.5, 0.6) is 11.5 Å². The molecule has 0 spiro atoms. The summed E-state index contributed by atoms with van der Waals surface area (Å²) in [6.45, 7) is 3.31. The number of pyridine rings is 1. The normalized spacial score (nSPS) is 11.5. The molecule has 176 valence electrons. The van der Waals surface area contributed by atoms with E-state index in [9.17, 15) is 8.42 Å². The molecule has 0 saturated heterocycles. The van der Waals surface area contributed by atoms with Gasteiger partial charge in [0.1, 0.15) is 19.0 Å². The Balaban J connectivity index is 1.75. The monoisotopic (exact) mass is 553 g/mol. The molecule has 0 unspecified atom stereocenters. The van der Waals surface area contributed by atoms with Crippen LogP contribution in [0.1, 0.15) is 11.1 Å². The second-order valence-electron chi connectivity index (χ2n) is 7.62. The standard InChI is InChI=1S/C23H25BrClN3O4S/c1-16-4-7-19(8-5-16)33(29,30)27-23-22(13-18(24)14-26-23)32-15-17-6-9-20(25)21(12-17)31-11-10-28(2)3/h4-9,12-14H,10-11,15H2,1-3H3,(H,26,27). The van der Waals surface area contributed by atoms with Gasteiger partial charge in [0.05, 0.1) is 9.92 Å². The Labute approximate surface area is 207 Å². The highest BCUT2D eigenvalue weighted by Gasteiger charge is 2.18. The van der Waals surface area contributed by atoms with Gasteiger partial charge in [-0.15, -0.1) is 0 Å². The third-order valence-electron chi connectivity index (χ3n) is 4.57. The van der Waals surface area contributed by atoms with Gasteiger partial charge in [-0.3, -0.25) is 4.72 Å². The number of ether oxygens (including phenoxy) is 2. The van der Waals surface area contributed by atoms with Gasteiger partial charge in [-0.1, -0.05) is 35.4 Å². The number of hydrogen-bond acceptors (Lipinski definition) is 6. The van der Waals surface area contributed by atoms with E-state index in [2.05, 4.69) is 25.6 Å². The second kappa shape index (κ2) is 11.2. The fourth-order valence-corrected chi connectivity index (χ4v) is 4.26. The van der Waals surface area contributed by atoms with Gasteiger partial charge in [0.2, 0.25) is 0 Å². The zero-order valence-corrected chi connectivity index (χ0v) is 21.7. The van der Waals surface area contributed by atoms with Crippen LogP contribution >= 0.6 is 27.5 Å². The highest BCUT2D eigenvalue weighted by atomic mass is 79.9. The maximum atomic E-state index is 12.8. The molecule has 0 fully saturated rings. The number of benzene rings is 2. The Morgan fingerprint density at radius 3 is 2.48 bits per heavy atom. The summed E-state index contributed by atoms with van der Waals surface area (Å²) in [6.07, 6.45) is 1.50. The Kier molecular flexibility index (Phi) is 8.58. The van der Waals surface area contributed by atoms with Gasteiger partial charge in [-0.05, 0) is 72.8 Å². The molecule has 0 amide bonds. The molecule has 1 aromatic heterocycles. The average Bonchev–Trinajstić information content (AvgIpc) is 2.75. The van der Waals surface area contributed by atoms with E-state index in [-0.39, 0.29) is 23.1 Å². The molecule has 0 saturated carbocycles. The summed E-state index contributed by atoms with van der Waals surface area (Å²) in [7, 11) is 0.101. The fourth-order valence-electron chi connectivity index (χ4n) is 2.76. The van der Waals surface area contributed by atoms with E-state index in [0.717, 1.165) is 17.7 Å². The van der Waals surface area contributed by atoms with Gasteiger partial charge in [0.25, 0.3) is 10.0 Å². The lowest BCUT2D eigenvalue weighted by Crippen LogP contribution is -2.19. The molecule has 3 aromatic rings. The Morgan fingerprint density at radius 1 is 1.06 bits per heavy atom. The predicted molar refractivity (Wildman–Crippen MR) is 134 cm³/mol. The molecule has 2 aromatic carbocycles. The summed E-state index contributed by atoms with van der Waals surface area (Å²) >= 11 is 9.60. The minimum Gasteiger partial charge on any atom is -0.491 e. The van der Waals surface area contributed by atoms with Crippen molar-refractivity contribution in [1.29, 1.82) is 0 Å². The van der Waals surface area contributed by atoms with Gasteiger partial charge in [0, 0.05) is 17.2 Å². The largest absolute Gasteiger partial charge is 0.491 e. The number of rotatable bonds is 10. The van der Waals surface area contributed by atoms with Gasteiger partial charge in [-0.25, -0.2) is 13.4 Å². The fraction of sp³-hybridized carbons (Fsp3) is 0.261. The zero-order valence-electron chi connectivity index (χ0n) is 18.5. The number of halogens is 2. The minimum atomic E-state index is -3.83. The quantitative estimate of drug-likeness (QED) is 0.374. The van der Waals surface area contributed by atoms with Crippen LogP contribution in [0.25, 0.3) is 0 Å². The van der Waals surface area contributed by atoms with E-state index < -0.39 is 10.0 Å². The van der Waals surface area contributed by atoms with E-state index in [4.69, 9.17) is 21.1 Å². The van der Waals surface area contributed by atoms with E-state index >= 15 is 0 Å². The number of sulfonamides is 1. The molecule has 0 radical (unpaired) electrons. The third-order valence-corrected chi connectivity index (χ3v) is 6.67. The maximum Gasteiger partial charge on any atom is 0.263 e. The number of aryl methyl sites for hydroxylation is 1. The van der Waals surface area contributed by atoms with Crippen LogP contribution in [0.3, 0.4) is 0 Å². The van der Waals surface area contributed by atoms with Crippen molar-refractivity contribution in [2.45, 2.75) is 18.4 Å². The molecule has 0 bridgehead atoms. The Hall–Kier alpha value is -2.33. The van der Waals surface area contributed by atoms with Crippen molar-refractivity contribution < 1.29 is 17.9 Å². The van der Waals surface area contributed by atoms with Crippen molar-refractivity contribution in [2.75, 3.05) is 32.0 Å². The smallest absolute Gasteiger partial charge is 0.263 e. The minimum absolute atomic E-state index is 0.0928. The van der Waals surface area contributed by atoms with Gasteiger partial charge in [0.15, 0.2) is 11.6 Å². The molecule has 0 aliphatic heterocycles. The number of anilines is 1. The first kappa shape index (κ1) is 25.3. The van der Waals surface area contributed by atoms with Crippen molar-refractivity contribution in [1.82, 2.24) is 9.88 Å². The number of likely N-dealkylation sites (N-methyl/N-ethyl adjacent to an activating group) is 1. The SMILES string of the molecule is Cc1ccc(S(=O)(=O)Nc2ncc(Br)cc2OCc2ccc(Cl)c(OCCN(C)C)c2)cc1. The Morgan fingerprint density at radius 2 is 1.79 bits per heavy atom. The summed E-state index contributed by atoms with van der Waals surface area (Å²) in [5.41, 5.74) is 1.78. The molecule has 0 aliphatic rings. The summed E-state index contributed by atoms with van der Waals surface area (Å²) in [4.78, 5) is 6.35. The van der Waals surface area contributed by atoms with Crippen LogP contribution in [-0.4, -0.2) is 45.5 Å². The molecule has 7 nitrogen and oxygen atoms in total. The lowest BCUT2D eigenvalue weighted by molar-refractivity contribution is 0.260. The first-order valence-corrected chi connectivity index (χ1v) is 12.7. The average molecular weight is 555 g/mol. The molecular formula is C23H25BrClN3O4S. The summed E-state index contributed by atoms with van der Waals surface area (Å²) in [6, 6.07) is 13.6. The van der Waals surface area contributed by atoms with Crippen molar-refractivity contribution in [3.63, 3.8) is 0 Å². The molecule has 10 heteroatoms. The van der Waals surface area contributed by atoms with Crippen molar-refractivity contribution in [3.05, 3.63) is 75.4 Å². The van der Waals surface area contributed by atoms with Crippen molar-refractivity contribution in [2.24, 2.45) is 0 Å². The first-order valence-electron chi connectivity index (χ1n) is 10.1. The lowest BCUT2D eigenvalue weighted by atomic mass is 10.2. The highest BCUT2D eigenvalue weighted by Crippen LogP contribution is 2.30. The maximum absolute atomic E-state index is 12.8. The highest BCUT2D eigenvalue weighted by molar-refractivity contribution is 9.10. The summed E-state index contributed by atoms with van der Waals surface area (Å²) in [5.74, 6) is 0.938. The van der Waals surface area contributed by atoms with Crippen LogP contribution in [0.2, 0.25) is 5.02 Å². The molecule has 3 rings (SSSR count). The van der Waals surface area contributed by atoms with Gasteiger partial charge < -0.3 is 14.4 Å². The molecule has 1 N–H and O–H groups in total. The molecule has 33 heavy (non-hydrogen) atoms. The third kappa shape index (κ3) is 7.33. The number of nitrogens with zero attached hydrogens (tertiary/aromatic N) is 2.